The zero-order valence-corrected chi connectivity index (χ0v) is 17.2. The first-order valence-electron chi connectivity index (χ1n) is 9.65. The van der Waals surface area contributed by atoms with Gasteiger partial charge in [-0.3, -0.25) is 4.79 Å². The van der Waals surface area contributed by atoms with Crippen molar-refractivity contribution in [3.63, 3.8) is 0 Å². The van der Waals surface area contributed by atoms with E-state index in [1.165, 1.54) is 0 Å². The molecule has 5 rings (SSSR count). The van der Waals surface area contributed by atoms with Crippen LogP contribution in [0.25, 0.3) is 21.7 Å². The van der Waals surface area contributed by atoms with Gasteiger partial charge in [0.1, 0.15) is 0 Å². The number of fused-ring (bicyclic) bond motifs is 1. The van der Waals surface area contributed by atoms with E-state index in [1.54, 1.807) is 22.7 Å². The lowest BCUT2D eigenvalue weighted by atomic mass is 9.79. The summed E-state index contributed by atoms with van der Waals surface area (Å²) in [6, 6.07) is 10.0. The Balaban J connectivity index is 1.28. The van der Waals surface area contributed by atoms with Gasteiger partial charge in [0, 0.05) is 11.3 Å². The van der Waals surface area contributed by atoms with E-state index in [4.69, 9.17) is 14.2 Å². The molecule has 0 radical (unpaired) electrons. The number of thiophene rings is 1. The Morgan fingerprint density at radius 3 is 2.93 bits per heavy atom. The maximum atomic E-state index is 12.9. The summed E-state index contributed by atoms with van der Waals surface area (Å²) in [6.45, 7) is 0.0233. The van der Waals surface area contributed by atoms with Crippen molar-refractivity contribution in [2.24, 2.45) is 5.92 Å². The fourth-order valence-electron chi connectivity index (χ4n) is 3.82. The first kappa shape index (κ1) is 18.4. The maximum absolute atomic E-state index is 12.9. The average Bonchev–Trinajstić information content (AvgIpc) is 3.52. The maximum Gasteiger partial charge on any atom is 0.310 e. The van der Waals surface area contributed by atoms with Crippen molar-refractivity contribution in [3.8, 4) is 11.5 Å². The third-order valence-corrected chi connectivity index (χ3v) is 7.13. The Labute approximate surface area is 175 Å². The average molecular weight is 426 g/mol. The number of ether oxygens (including phenoxy) is 1. The van der Waals surface area contributed by atoms with Crippen molar-refractivity contribution in [3.05, 3.63) is 51.9 Å². The van der Waals surface area contributed by atoms with E-state index in [2.05, 4.69) is 16.2 Å². The molecule has 148 valence electrons. The van der Waals surface area contributed by atoms with Crippen molar-refractivity contribution in [1.29, 1.82) is 0 Å². The van der Waals surface area contributed by atoms with E-state index in [-0.39, 0.29) is 24.4 Å². The Morgan fingerprint density at radius 2 is 2.07 bits per heavy atom. The molecule has 0 saturated heterocycles. The summed E-state index contributed by atoms with van der Waals surface area (Å²) < 4.78 is 12.0. The van der Waals surface area contributed by atoms with Gasteiger partial charge < -0.3 is 9.26 Å². The van der Waals surface area contributed by atoms with Crippen LogP contribution in [-0.2, 0) is 16.1 Å². The smallest absolute Gasteiger partial charge is 0.310 e. The first-order valence-corrected chi connectivity index (χ1v) is 11.4. The van der Waals surface area contributed by atoms with Crippen LogP contribution in [0.5, 0.6) is 0 Å². The highest BCUT2D eigenvalue weighted by Crippen LogP contribution is 2.41. The van der Waals surface area contributed by atoms with Gasteiger partial charge in [-0.2, -0.15) is 16.3 Å². The minimum absolute atomic E-state index is 0.0233. The Morgan fingerprint density at radius 1 is 1.17 bits per heavy atom. The largest absolute Gasteiger partial charge is 0.457 e. The molecule has 0 spiro atoms. The number of hydrogen-bond donors (Lipinski definition) is 0. The predicted octanol–water partition coefficient (Wildman–Crippen LogP) is 5.43. The van der Waals surface area contributed by atoms with Gasteiger partial charge in [0.25, 0.3) is 5.89 Å². The van der Waals surface area contributed by atoms with Gasteiger partial charge in [0.15, 0.2) is 6.61 Å². The molecule has 8 heteroatoms. The zero-order chi connectivity index (χ0) is 19.6. The first-order chi connectivity index (χ1) is 14.3. The second kappa shape index (κ2) is 8.04. The van der Waals surface area contributed by atoms with E-state index < -0.39 is 0 Å². The van der Waals surface area contributed by atoms with Gasteiger partial charge in [-0.05, 0) is 36.4 Å². The van der Waals surface area contributed by atoms with Crippen molar-refractivity contribution in [2.75, 3.05) is 0 Å². The molecule has 0 N–H and O–H groups in total. The van der Waals surface area contributed by atoms with E-state index in [9.17, 15) is 4.79 Å². The number of carbonyl (C=O) groups excluding carboxylic acids is 1. The van der Waals surface area contributed by atoms with Crippen molar-refractivity contribution < 1.29 is 14.1 Å². The van der Waals surface area contributed by atoms with Gasteiger partial charge in [0.05, 0.1) is 26.7 Å². The van der Waals surface area contributed by atoms with Crippen LogP contribution in [0.15, 0.2) is 45.6 Å². The quantitative estimate of drug-likeness (QED) is 0.397. The van der Waals surface area contributed by atoms with Crippen LogP contribution >= 0.6 is 22.7 Å². The number of para-hydroxylation sites is 1. The number of hydrogen-bond acceptors (Lipinski definition) is 8. The Bertz CT molecular complexity index is 1090. The van der Waals surface area contributed by atoms with Gasteiger partial charge >= 0.3 is 5.97 Å². The van der Waals surface area contributed by atoms with Gasteiger partial charge in [-0.1, -0.05) is 30.1 Å². The molecule has 0 amide bonds. The van der Waals surface area contributed by atoms with Crippen LogP contribution in [-0.4, -0.2) is 21.1 Å². The molecule has 1 aliphatic rings. The number of benzene rings is 1. The topological polar surface area (TPSA) is 78.1 Å². The standard InChI is InChI=1S/C21H19N3O3S2/c25-21(26-11-18-23-19(27-24-18)13-9-10-28-12-13)15-6-2-1-5-14(15)20-22-16-7-3-4-8-17(16)29-20/h3-4,7-10,12,14-15H,1-2,5-6,11H2. The monoisotopic (exact) mass is 425 g/mol. The lowest BCUT2D eigenvalue weighted by molar-refractivity contribution is -0.152. The van der Waals surface area contributed by atoms with Crippen LogP contribution in [0.3, 0.4) is 0 Å². The summed E-state index contributed by atoms with van der Waals surface area (Å²) in [6.07, 6.45) is 3.93. The fourth-order valence-corrected chi connectivity index (χ4v) is 5.61. The molecule has 2 atom stereocenters. The minimum atomic E-state index is -0.198. The second-order valence-electron chi connectivity index (χ2n) is 7.15. The number of rotatable bonds is 5. The summed E-state index contributed by atoms with van der Waals surface area (Å²) in [5, 5.41) is 8.85. The van der Waals surface area contributed by atoms with E-state index in [0.717, 1.165) is 46.5 Å². The molecule has 1 fully saturated rings. The molecule has 0 bridgehead atoms. The Kier molecular flexibility index (Phi) is 5.12. The third kappa shape index (κ3) is 3.82. The zero-order valence-electron chi connectivity index (χ0n) is 15.6. The molecule has 1 aromatic carbocycles. The number of esters is 1. The van der Waals surface area contributed by atoms with Crippen LogP contribution in [0, 0.1) is 5.92 Å². The molecular formula is C21H19N3O3S2. The number of aromatic nitrogens is 3. The van der Waals surface area contributed by atoms with Crippen molar-refractivity contribution in [1.82, 2.24) is 15.1 Å². The summed E-state index contributed by atoms with van der Waals surface area (Å²) >= 11 is 3.25. The van der Waals surface area contributed by atoms with Crippen LogP contribution in [0.4, 0.5) is 0 Å². The minimum Gasteiger partial charge on any atom is -0.457 e. The van der Waals surface area contributed by atoms with Crippen LogP contribution < -0.4 is 0 Å². The van der Waals surface area contributed by atoms with Gasteiger partial charge in [-0.25, -0.2) is 4.98 Å². The fraction of sp³-hybridized carbons (Fsp3) is 0.333. The molecule has 4 aromatic rings. The van der Waals surface area contributed by atoms with Crippen molar-refractivity contribution >= 4 is 38.9 Å². The summed E-state index contributed by atoms with van der Waals surface area (Å²) in [5.41, 5.74) is 1.88. The number of carbonyl (C=O) groups is 1. The molecule has 0 aliphatic heterocycles. The molecule has 1 aliphatic carbocycles. The summed E-state index contributed by atoms with van der Waals surface area (Å²) in [7, 11) is 0. The molecule has 29 heavy (non-hydrogen) atoms. The second-order valence-corrected chi connectivity index (χ2v) is 9.00. The SMILES string of the molecule is O=C(OCc1noc(-c2ccsc2)n1)C1CCCCC1c1nc2ccccc2s1. The van der Waals surface area contributed by atoms with E-state index in [1.807, 2.05) is 35.0 Å². The Hall–Kier alpha value is -2.58. The highest BCUT2D eigenvalue weighted by atomic mass is 32.1. The van der Waals surface area contributed by atoms with Gasteiger partial charge in [0.2, 0.25) is 5.82 Å². The third-order valence-electron chi connectivity index (χ3n) is 5.28. The molecule has 3 heterocycles. The predicted molar refractivity (Wildman–Crippen MR) is 112 cm³/mol. The molecule has 1 saturated carbocycles. The summed E-state index contributed by atoms with van der Waals surface area (Å²) in [4.78, 5) is 22.0. The van der Waals surface area contributed by atoms with Crippen LogP contribution in [0.2, 0.25) is 0 Å². The molecular weight excluding hydrogens is 406 g/mol. The molecule has 6 nitrogen and oxygen atoms in total. The summed E-state index contributed by atoms with van der Waals surface area (Å²) in [5.74, 6) is 0.567. The lowest BCUT2D eigenvalue weighted by Crippen LogP contribution is -2.27. The lowest BCUT2D eigenvalue weighted by Gasteiger charge is -2.28. The number of thiazole rings is 1. The van der Waals surface area contributed by atoms with E-state index in [0.29, 0.717) is 11.7 Å². The molecule has 2 unspecified atom stereocenters. The van der Waals surface area contributed by atoms with E-state index >= 15 is 0 Å². The number of nitrogens with zero attached hydrogens (tertiary/aromatic N) is 3. The van der Waals surface area contributed by atoms with Gasteiger partial charge in [-0.15, -0.1) is 11.3 Å². The molecule has 3 aromatic heterocycles. The highest BCUT2D eigenvalue weighted by molar-refractivity contribution is 7.18. The normalized spacial score (nSPS) is 19.4. The van der Waals surface area contributed by atoms with Crippen molar-refractivity contribution in [2.45, 2.75) is 38.2 Å². The van der Waals surface area contributed by atoms with Crippen LogP contribution in [0.1, 0.15) is 42.4 Å². The highest BCUT2D eigenvalue weighted by Gasteiger charge is 2.35.